The van der Waals surface area contributed by atoms with Crippen molar-refractivity contribution in [3.05, 3.63) is 28.0 Å². The molecule has 0 aromatic carbocycles. The Morgan fingerprint density at radius 1 is 1.50 bits per heavy atom. The van der Waals surface area contributed by atoms with Crippen LogP contribution in [-0.4, -0.2) is 28.6 Å². The zero-order chi connectivity index (χ0) is 12.1. The minimum absolute atomic E-state index is 0.102. The van der Waals surface area contributed by atoms with Crippen LogP contribution in [0, 0.1) is 0 Å². The first kappa shape index (κ1) is 13.2. The number of nitrogens with one attached hydrogen (secondary N) is 1. The van der Waals surface area contributed by atoms with E-state index in [4.69, 9.17) is 28.3 Å². The summed E-state index contributed by atoms with van der Waals surface area (Å²) in [5, 5.41) is 11.9. The Morgan fingerprint density at radius 2 is 2.06 bits per heavy atom. The molecule has 2 N–H and O–H groups in total. The second kappa shape index (κ2) is 6.03. The molecule has 16 heavy (non-hydrogen) atoms. The Bertz CT molecular complexity index is 361. The second-order valence-electron chi connectivity index (χ2n) is 3.26. The van der Waals surface area contributed by atoms with Crippen molar-refractivity contribution < 1.29 is 9.90 Å². The standard InChI is InChI=1S/C10H12Cl2N2O2/c1-2-7(5-15)13-10(16)6-3-8(11)14-9(12)4-6/h3-4,7,15H,2,5H2,1H3,(H,13,16). The fraction of sp³-hybridized carbons (Fsp3) is 0.400. The maximum atomic E-state index is 11.7. The van der Waals surface area contributed by atoms with Gasteiger partial charge in [-0.25, -0.2) is 4.98 Å². The van der Waals surface area contributed by atoms with Crippen LogP contribution in [0.15, 0.2) is 12.1 Å². The zero-order valence-electron chi connectivity index (χ0n) is 8.70. The number of carbonyl (C=O) groups excluding carboxylic acids is 1. The van der Waals surface area contributed by atoms with E-state index in [1.165, 1.54) is 12.1 Å². The third-order valence-electron chi connectivity index (χ3n) is 2.07. The molecule has 1 aromatic heterocycles. The molecule has 88 valence electrons. The molecule has 1 amide bonds. The van der Waals surface area contributed by atoms with Crippen LogP contribution in [-0.2, 0) is 0 Å². The van der Waals surface area contributed by atoms with Gasteiger partial charge in [-0.2, -0.15) is 0 Å². The van der Waals surface area contributed by atoms with E-state index in [0.717, 1.165) is 0 Å². The molecule has 1 unspecified atom stereocenters. The number of aliphatic hydroxyl groups excluding tert-OH is 1. The number of amides is 1. The van der Waals surface area contributed by atoms with Crippen molar-refractivity contribution in [2.45, 2.75) is 19.4 Å². The highest BCUT2D eigenvalue weighted by atomic mass is 35.5. The van der Waals surface area contributed by atoms with Crippen LogP contribution in [0.5, 0.6) is 0 Å². The molecular weight excluding hydrogens is 251 g/mol. The predicted octanol–water partition coefficient (Wildman–Crippen LogP) is 1.89. The Kier molecular flexibility index (Phi) is 4.99. The van der Waals surface area contributed by atoms with Crippen LogP contribution in [0.3, 0.4) is 0 Å². The van der Waals surface area contributed by atoms with Gasteiger partial charge in [-0.1, -0.05) is 30.1 Å². The number of carbonyl (C=O) groups is 1. The minimum atomic E-state index is -0.327. The predicted molar refractivity (Wildman–Crippen MR) is 62.9 cm³/mol. The molecule has 4 nitrogen and oxygen atoms in total. The molecule has 0 fully saturated rings. The summed E-state index contributed by atoms with van der Waals surface area (Å²) in [6.07, 6.45) is 0.648. The molecule has 6 heteroatoms. The first-order valence-electron chi connectivity index (χ1n) is 4.81. The largest absolute Gasteiger partial charge is 0.394 e. The molecule has 0 saturated carbocycles. The van der Waals surface area contributed by atoms with Gasteiger partial charge in [-0.05, 0) is 18.6 Å². The lowest BCUT2D eigenvalue weighted by molar-refractivity contribution is 0.0915. The van der Waals surface area contributed by atoms with E-state index in [-0.39, 0.29) is 28.9 Å². The number of nitrogens with zero attached hydrogens (tertiary/aromatic N) is 1. The molecule has 0 radical (unpaired) electrons. The number of hydrogen-bond donors (Lipinski definition) is 2. The summed E-state index contributed by atoms with van der Waals surface area (Å²) >= 11 is 11.3. The fourth-order valence-corrected chi connectivity index (χ4v) is 1.60. The van der Waals surface area contributed by atoms with Crippen molar-refractivity contribution in [1.82, 2.24) is 10.3 Å². The molecule has 0 spiro atoms. The smallest absolute Gasteiger partial charge is 0.251 e. The summed E-state index contributed by atoms with van der Waals surface area (Å²) in [5.74, 6) is -0.327. The molecule has 0 saturated heterocycles. The molecule has 0 bridgehead atoms. The SMILES string of the molecule is CCC(CO)NC(=O)c1cc(Cl)nc(Cl)c1. The van der Waals surface area contributed by atoms with E-state index in [9.17, 15) is 4.79 Å². The van der Waals surface area contributed by atoms with E-state index in [0.29, 0.717) is 12.0 Å². The van der Waals surface area contributed by atoms with Gasteiger partial charge >= 0.3 is 0 Å². The Balaban J connectivity index is 2.80. The van der Waals surface area contributed by atoms with Crippen molar-refractivity contribution in [3.63, 3.8) is 0 Å². The van der Waals surface area contributed by atoms with Crippen molar-refractivity contribution in [2.24, 2.45) is 0 Å². The number of rotatable bonds is 4. The topological polar surface area (TPSA) is 62.2 Å². The van der Waals surface area contributed by atoms with Gasteiger partial charge in [-0.3, -0.25) is 4.79 Å². The third-order valence-corrected chi connectivity index (χ3v) is 2.46. The highest BCUT2D eigenvalue weighted by Gasteiger charge is 2.12. The summed E-state index contributed by atoms with van der Waals surface area (Å²) in [7, 11) is 0. The van der Waals surface area contributed by atoms with Crippen LogP contribution in [0.2, 0.25) is 10.3 Å². The molecule has 0 aliphatic rings. The maximum absolute atomic E-state index is 11.7. The molecule has 1 heterocycles. The molecule has 1 rings (SSSR count). The van der Waals surface area contributed by atoms with Gasteiger partial charge in [0.2, 0.25) is 0 Å². The van der Waals surface area contributed by atoms with Gasteiger partial charge in [0, 0.05) is 5.56 Å². The molecule has 0 aliphatic heterocycles. The van der Waals surface area contributed by atoms with Gasteiger partial charge in [0.15, 0.2) is 0 Å². The Hall–Kier alpha value is -0.840. The summed E-state index contributed by atoms with van der Waals surface area (Å²) in [4.78, 5) is 15.4. The zero-order valence-corrected chi connectivity index (χ0v) is 10.2. The summed E-state index contributed by atoms with van der Waals surface area (Å²) in [6.45, 7) is 1.77. The van der Waals surface area contributed by atoms with E-state index in [2.05, 4.69) is 10.3 Å². The fourth-order valence-electron chi connectivity index (χ4n) is 1.14. The van der Waals surface area contributed by atoms with Crippen molar-refractivity contribution in [1.29, 1.82) is 0 Å². The maximum Gasteiger partial charge on any atom is 0.251 e. The minimum Gasteiger partial charge on any atom is -0.394 e. The number of halogens is 2. The van der Waals surface area contributed by atoms with Crippen LogP contribution < -0.4 is 5.32 Å². The van der Waals surface area contributed by atoms with Crippen molar-refractivity contribution in [2.75, 3.05) is 6.61 Å². The monoisotopic (exact) mass is 262 g/mol. The van der Waals surface area contributed by atoms with Crippen LogP contribution in [0.25, 0.3) is 0 Å². The summed E-state index contributed by atoms with van der Waals surface area (Å²) in [5.41, 5.74) is 0.330. The van der Waals surface area contributed by atoms with E-state index in [1.54, 1.807) is 0 Å². The van der Waals surface area contributed by atoms with Gasteiger partial charge in [-0.15, -0.1) is 0 Å². The summed E-state index contributed by atoms with van der Waals surface area (Å²) < 4.78 is 0. The van der Waals surface area contributed by atoms with Crippen LogP contribution in [0.1, 0.15) is 23.7 Å². The second-order valence-corrected chi connectivity index (χ2v) is 4.04. The van der Waals surface area contributed by atoms with Gasteiger partial charge in [0.25, 0.3) is 5.91 Å². The Morgan fingerprint density at radius 3 is 2.50 bits per heavy atom. The Labute approximate surface area is 104 Å². The first-order valence-corrected chi connectivity index (χ1v) is 5.57. The lowest BCUT2D eigenvalue weighted by Gasteiger charge is -2.13. The van der Waals surface area contributed by atoms with Crippen molar-refractivity contribution >= 4 is 29.1 Å². The van der Waals surface area contributed by atoms with Crippen LogP contribution >= 0.6 is 23.2 Å². The average Bonchev–Trinajstić information content (AvgIpc) is 2.24. The van der Waals surface area contributed by atoms with E-state index < -0.39 is 0 Å². The van der Waals surface area contributed by atoms with Gasteiger partial charge < -0.3 is 10.4 Å². The first-order chi connectivity index (χ1) is 7.56. The summed E-state index contributed by atoms with van der Waals surface area (Å²) in [6, 6.07) is 2.58. The molecular formula is C10H12Cl2N2O2. The third kappa shape index (κ3) is 3.63. The molecule has 1 atom stereocenters. The number of aromatic nitrogens is 1. The highest BCUT2D eigenvalue weighted by molar-refractivity contribution is 6.33. The number of pyridine rings is 1. The van der Waals surface area contributed by atoms with Crippen molar-refractivity contribution in [3.8, 4) is 0 Å². The van der Waals surface area contributed by atoms with Gasteiger partial charge in [0.1, 0.15) is 10.3 Å². The average molecular weight is 263 g/mol. The quantitative estimate of drug-likeness (QED) is 0.815. The van der Waals surface area contributed by atoms with E-state index in [1.807, 2.05) is 6.92 Å². The lowest BCUT2D eigenvalue weighted by Crippen LogP contribution is -2.36. The molecule has 1 aromatic rings. The highest BCUT2D eigenvalue weighted by Crippen LogP contribution is 2.14. The number of aliphatic hydroxyl groups is 1. The molecule has 0 aliphatic carbocycles. The number of hydrogen-bond acceptors (Lipinski definition) is 3. The van der Waals surface area contributed by atoms with Gasteiger partial charge in [0.05, 0.1) is 12.6 Å². The lowest BCUT2D eigenvalue weighted by atomic mass is 10.2. The van der Waals surface area contributed by atoms with Crippen LogP contribution in [0.4, 0.5) is 0 Å². The van der Waals surface area contributed by atoms with E-state index >= 15 is 0 Å². The normalized spacial score (nSPS) is 12.2.